The Morgan fingerprint density at radius 2 is 1.91 bits per heavy atom. The predicted molar refractivity (Wildman–Crippen MR) is 89.4 cm³/mol. The number of thiazole rings is 1. The third-order valence-electron chi connectivity index (χ3n) is 3.68. The molecule has 1 aromatic heterocycles. The summed E-state index contributed by atoms with van der Waals surface area (Å²) in [7, 11) is 1.71. The van der Waals surface area contributed by atoms with Crippen molar-refractivity contribution in [3.63, 3.8) is 0 Å². The summed E-state index contributed by atoms with van der Waals surface area (Å²) in [4.78, 5) is 18.7. The maximum atomic E-state index is 12.7. The molecule has 1 amide bonds. The van der Waals surface area contributed by atoms with Crippen molar-refractivity contribution in [1.29, 1.82) is 0 Å². The average Bonchev–Trinajstić information content (AvgIpc) is 3.04. The number of hydrogen-bond donors (Lipinski definition) is 0. The van der Waals surface area contributed by atoms with E-state index in [1.165, 1.54) is 16.2 Å². The number of hydrogen-bond acceptors (Lipinski definition) is 5. The summed E-state index contributed by atoms with van der Waals surface area (Å²) >= 11 is 1.48. The van der Waals surface area contributed by atoms with E-state index in [1.54, 1.807) is 13.1 Å². The van der Waals surface area contributed by atoms with Crippen LogP contribution in [-0.4, -0.2) is 30.6 Å². The van der Waals surface area contributed by atoms with Gasteiger partial charge in [0, 0.05) is 7.05 Å². The van der Waals surface area contributed by atoms with Crippen molar-refractivity contribution < 1.29 is 14.3 Å². The summed E-state index contributed by atoms with van der Waals surface area (Å²) in [6, 6.07) is 15.2. The van der Waals surface area contributed by atoms with Crippen molar-refractivity contribution in [3.8, 4) is 11.5 Å². The molecular formula is C17H14N2O3S. The molecule has 1 atom stereocenters. The van der Waals surface area contributed by atoms with Crippen molar-refractivity contribution in [2.45, 2.75) is 6.10 Å². The average molecular weight is 326 g/mol. The van der Waals surface area contributed by atoms with E-state index >= 15 is 0 Å². The molecule has 1 unspecified atom stereocenters. The molecule has 0 bridgehead atoms. The van der Waals surface area contributed by atoms with Crippen LogP contribution >= 0.6 is 11.3 Å². The fourth-order valence-electron chi connectivity index (χ4n) is 2.45. The summed E-state index contributed by atoms with van der Waals surface area (Å²) in [5, 5.41) is 0.652. The first kappa shape index (κ1) is 14.0. The molecule has 0 aliphatic carbocycles. The van der Waals surface area contributed by atoms with Gasteiger partial charge in [-0.2, -0.15) is 0 Å². The van der Waals surface area contributed by atoms with Crippen molar-refractivity contribution in [2.24, 2.45) is 0 Å². The van der Waals surface area contributed by atoms with E-state index < -0.39 is 6.10 Å². The second kappa shape index (κ2) is 5.55. The van der Waals surface area contributed by atoms with Crippen LogP contribution in [0.3, 0.4) is 0 Å². The molecule has 0 fully saturated rings. The van der Waals surface area contributed by atoms with Crippen LogP contribution in [0.25, 0.3) is 10.2 Å². The number of nitrogens with zero attached hydrogens (tertiary/aromatic N) is 2. The number of anilines is 1. The quantitative estimate of drug-likeness (QED) is 0.726. The second-order valence-electron chi connectivity index (χ2n) is 5.23. The smallest absolute Gasteiger partial charge is 0.273 e. The van der Waals surface area contributed by atoms with Crippen LogP contribution in [0.15, 0.2) is 48.5 Å². The zero-order valence-corrected chi connectivity index (χ0v) is 13.2. The fourth-order valence-corrected chi connectivity index (χ4v) is 3.39. The highest BCUT2D eigenvalue weighted by molar-refractivity contribution is 7.22. The van der Waals surface area contributed by atoms with Gasteiger partial charge in [0.2, 0.25) is 6.10 Å². The minimum atomic E-state index is -0.665. The van der Waals surface area contributed by atoms with Gasteiger partial charge in [-0.25, -0.2) is 4.98 Å². The van der Waals surface area contributed by atoms with Gasteiger partial charge in [0.05, 0.1) is 10.2 Å². The van der Waals surface area contributed by atoms with E-state index in [0.29, 0.717) is 16.6 Å². The van der Waals surface area contributed by atoms with Gasteiger partial charge in [0.15, 0.2) is 16.6 Å². The standard InChI is InChI=1S/C17H14N2O3S/c1-19(17-18-11-6-2-5-9-15(11)23-17)16(20)14-10-21-12-7-3-4-8-13(12)22-14/h2-9,14H,10H2,1H3. The Kier molecular flexibility index (Phi) is 3.38. The third kappa shape index (κ3) is 2.51. The number of benzene rings is 2. The zero-order valence-electron chi connectivity index (χ0n) is 12.4. The number of amides is 1. The number of carbonyl (C=O) groups excluding carboxylic acids is 1. The SMILES string of the molecule is CN(C(=O)C1COc2ccccc2O1)c1nc2ccccc2s1. The van der Waals surface area contributed by atoms with Gasteiger partial charge in [-0.15, -0.1) is 0 Å². The molecule has 116 valence electrons. The first-order chi connectivity index (χ1) is 11.2. The Bertz CT molecular complexity index is 844. The lowest BCUT2D eigenvalue weighted by atomic mass is 10.2. The largest absolute Gasteiger partial charge is 0.485 e. The van der Waals surface area contributed by atoms with Crippen molar-refractivity contribution in [2.75, 3.05) is 18.6 Å². The number of likely N-dealkylation sites (N-methyl/N-ethyl adjacent to an activating group) is 1. The monoisotopic (exact) mass is 326 g/mol. The molecule has 23 heavy (non-hydrogen) atoms. The molecule has 2 heterocycles. The molecule has 2 aromatic carbocycles. The Balaban J connectivity index is 1.57. The normalized spacial score (nSPS) is 16.3. The van der Waals surface area contributed by atoms with E-state index in [9.17, 15) is 4.79 Å². The first-order valence-corrected chi connectivity index (χ1v) is 8.05. The molecule has 0 spiro atoms. The molecule has 3 aromatic rings. The molecule has 6 heteroatoms. The lowest BCUT2D eigenvalue weighted by Gasteiger charge is -2.27. The fraction of sp³-hybridized carbons (Fsp3) is 0.176. The summed E-state index contributed by atoms with van der Waals surface area (Å²) in [6.45, 7) is 0.199. The molecule has 0 saturated carbocycles. The maximum Gasteiger partial charge on any atom is 0.273 e. The molecule has 1 aliphatic heterocycles. The molecule has 0 saturated heterocycles. The topological polar surface area (TPSA) is 51.7 Å². The lowest BCUT2D eigenvalue weighted by molar-refractivity contribution is -0.127. The maximum absolute atomic E-state index is 12.7. The highest BCUT2D eigenvalue weighted by Crippen LogP contribution is 2.32. The Morgan fingerprint density at radius 3 is 2.74 bits per heavy atom. The molecule has 0 N–H and O–H groups in total. The van der Waals surface area contributed by atoms with Crippen LogP contribution in [0.5, 0.6) is 11.5 Å². The second-order valence-corrected chi connectivity index (χ2v) is 6.23. The van der Waals surface area contributed by atoms with Crippen molar-refractivity contribution in [1.82, 2.24) is 4.98 Å². The minimum absolute atomic E-state index is 0.168. The van der Waals surface area contributed by atoms with Crippen molar-refractivity contribution in [3.05, 3.63) is 48.5 Å². The molecule has 0 radical (unpaired) electrons. The molecule has 1 aliphatic rings. The van der Waals surface area contributed by atoms with Gasteiger partial charge in [-0.3, -0.25) is 9.69 Å². The van der Waals surface area contributed by atoms with Gasteiger partial charge in [-0.1, -0.05) is 35.6 Å². The Labute approximate surface area is 137 Å². The lowest BCUT2D eigenvalue weighted by Crippen LogP contribution is -2.45. The van der Waals surface area contributed by atoms with Crippen molar-refractivity contribution >= 4 is 32.6 Å². The number of ether oxygens (including phenoxy) is 2. The highest BCUT2D eigenvalue weighted by atomic mass is 32.1. The van der Waals surface area contributed by atoms with E-state index in [-0.39, 0.29) is 12.5 Å². The molecule has 5 nitrogen and oxygen atoms in total. The van der Waals surface area contributed by atoms with Gasteiger partial charge >= 0.3 is 0 Å². The summed E-state index contributed by atoms with van der Waals surface area (Å²) < 4.78 is 12.4. The van der Waals surface area contributed by atoms with Gasteiger partial charge in [-0.05, 0) is 24.3 Å². The van der Waals surface area contributed by atoms with Gasteiger partial charge < -0.3 is 9.47 Å². The van der Waals surface area contributed by atoms with E-state index in [4.69, 9.17) is 9.47 Å². The Hall–Kier alpha value is -2.60. The van der Waals surface area contributed by atoms with Crippen LogP contribution in [0, 0.1) is 0 Å². The summed E-state index contributed by atoms with van der Waals surface area (Å²) in [6.07, 6.45) is -0.665. The number of fused-ring (bicyclic) bond motifs is 2. The van der Waals surface area contributed by atoms with Crippen LogP contribution in [0.4, 0.5) is 5.13 Å². The minimum Gasteiger partial charge on any atom is -0.485 e. The van der Waals surface area contributed by atoms with Crippen LogP contribution in [0.2, 0.25) is 0 Å². The molecule has 4 rings (SSSR count). The number of carbonyl (C=O) groups is 1. The van der Waals surface area contributed by atoms with Crippen LogP contribution in [-0.2, 0) is 4.79 Å². The predicted octanol–water partition coefficient (Wildman–Crippen LogP) is 3.10. The first-order valence-electron chi connectivity index (χ1n) is 7.24. The van der Waals surface area contributed by atoms with E-state index in [1.807, 2.05) is 42.5 Å². The number of aromatic nitrogens is 1. The van der Waals surface area contributed by atoms with E-state index in [2.05, 4.69) is 4.98 Å². The molecular weight excluding hydrogens is 312 g/mol. The zero-order chi connectivity index (χ0) is 15.8. The van der Waals surface area contributed by atoms with Crippen LogP contribution < -0.4 is 14.4 Å². The van der Waals surface area contributed by atoms with E-state index in [0.717, 1.165) is 10.2 Å². The summed E-state index contributed by atoms with van der Waals surface area (Å²) in [5.74, 6) is 1.09. The van der Waals surface area contributed by atoms with Gasteiger partial charge in [0.1, 0.15) is 6.61 Å². The highest BCUT2D eigenvalue weighted by Gasteiger charge is 2.31. The van der Waals surface area contributed by atoms with Gasteiger partial charge in [0.25, 0.3) is 5.91 Å². The number of rotatable bonds is 2. The third-order valence-corrected chi connectivity index (χ3v) is 4.80. The Morgan fingerprint density at radius 1 is 1.17 bits per heavy atom. The summed E-state index contributed by atoms with van der Waals surface area (Å²) in [5.41, 5.74) is 0.887. The van der Waals surface area contributed by atoms with Crippen LogP contribution in [0.1, 0.15) is 0 Å². The number of para-hydroxylation sites is 3.